The van der Waals surface area contributed by atoms with E-state index < -0.39 is 0 Å². The van der Waals surface area contributed by atoms with Gasteiger partial charge in [0.1, 0.15) is 5.76 Å². The fourth-order valence-electron chi connectivity index (χ4n) is 3.51. The minimum atomic E-state index is -0.0311. The standard InChI is InChI=1S/C23H24N2O3/c26-23(24-15-17-10-11-27-16-17)14-20-13-21(28-25-20)12-19-8-4-5-9-22(19)18-6-2-1-3-7-18/h1-9,13,17H,10-12,14-16H2,(H,24,26). The molecule has 1 N–H and O–H groups in total. The number of hydrogen-bond donors (Lipinski definition) is 1. The highest BCUT2D eigenvalue weighted by atomic mass is 16.5. The van der Waals surface area contributed by atoms with Crippen LogP contribution in [0, 0.1) is 5.92 Å². The monoisotopic (exact) mass is 376 g/mol. The van der Waals surface area contributed by atoms with Crippen LogP contribution in [0.1, 0.15) is 23.4 Å². The van der Waals surface area contributed by atoms with Crippen LogP contribution in [0.5, 0.6) is 0 Å². The van der Waals surface area contributed by atoms with Gasteiger partial charge in [-0.25, -0.2) is 0 Å². The Balaban J connectivity index is 1.38. The highest BCUT2D eigenvalue weighted by Crippen LogP contribution is 2.25. The van der Waals surface area contributed by atoms with Gasteiger partial charge >= 0.3 is 0 Å². The molecule has 1 aromatic heterocycles. The lowest BCUT2D eigenvalue weighted by molar-refractivity contribution is -0.120. The SMILES string of the molecule is O=C(Cc1cc(Cc2ccccc2-c2ccccc2)on1)NCC1CCOC1. The fraction of sp³-hybridized carbons (Fsp3) is 0.304. The predicted molar refractivity (Wildman–Crippen MR) is 107 cm³/mol. The minimum absolute atomic E-state index is 0.0311. The third kappa shape index (κ3) is 4.67. The van der Waals surface area contributed by atoms with Crippen molar-refractivity contribution in [3.63, 3.8) is 0 Å². The van der Waals surface area contributed by atoms with Gasteiger partial charge in [0.15, 0.2) is 0 Å². The van der Waals surface area contributed by atoms with Gasteiger partial charge in [0.25, 0.3) is 0 Å². The first-order valence-electron chi connectivity index (χ1n) is 9.70. The molecular formula is C23H24N2O3. The number of carbonyl (C=O) groups is 1. The van der Waals surface area contributed by atoms with Gasteiger partial charge in [-0.3, -0.25) is 4.79 Å². The molecule has 1 fully saturated rings. The molecule has 1 saturated heterocycles. The highest BCUT2D eigenvalue weighted by Gasteiger charge is 2.17. The molecule has 5 heteroatoms. The number of rotatable bonds is 7. The summed E-state index contributed by atoms with van der Waals surface area (Å²) in [5, 5.41) is 7.04. The molecule has 1 atom stereocenters. The van der Waals surface area contributed by atoms with Gasteiger partial charge in [-0.1, -0.05) is 59.8 Å². The van der Waals surface area contributed by atoms with Crippen LogP contribution in [0.4, 0.5) is 0 Å². The Bertz CT molecular complexity index is 914. The molecule has 0 bridgehead atoms. The molecule has 1 amide bonds. The molecule has 1 unspecified atom stereocenters. The van der Waals surface area contributed by atoms with Gasteiger partial charge < -0.3 is 14.6 Å². The number of nitrogens with zero attached hydrogens (tertiary/aromatic N) is 1. The van der Waals surface area contributed by atoms with Gasteiger partial charge in [0, 0.05) is 31.6 Å². The summed E-state index contributed by atoms with van der Waals surface area (Å²) in [4.78, 5) is 12.1. The quantitative estimate of drug-likeness (QED) is 0.684. The van der Waals surface area contributed by atoms with Crippen LogP contribution in [0.3, 0.4) is 0 Å². The third-order valence-corrected chi connectivity index (χ3v) is 5.03. The maximum atomic E-state index is 12.1. The molecule has 1 aliphatic heterocycles. The van der Waals surface area contributed by atoms with Crippen molar-refractivity contribution < 1.29 is 14.1 Å². The topological polar surface area (TPSA) is 64.4 Å². The molecule has 4 rings (SSSR count). The molecule has 0 spiro atoms. The largest absolute Gasteiger partial charge is 0.381 e. The number of benzene rings is 2. The molecular weight excluding hydrogens is 352 g/mol. The summed E-state index contributed by atoms with van der Waals surface area (Å²) >= 11 is 0. The van der Waals surface area contributed by atoms with Crippen LogP contribution in [-0.2, 0) is 22.4 Å². The van der Waals surface area contributed by atoms with Crippen LogP contribution < -0.4 is 5.32 Å². The van der Waals surface area contributed by atoms with E-state index in [1.807, 2.05) is 36.4 Å². The Labute approximate surface area is 164 Å². The van der Waals surface area contributed by atoms with E-state index in [-0.39, 0.29) is 12.3 Å². The molecule has 0 saturated carbocycles. The lowest BCUT2D eigenvalue weighted by Gasteiger charge is -2.08. The molecule has 144 valence electrons. The van der Waals surface area contributed by atoms with Gasteiger partial charge in [0.2, 0.25) is 5.91 Å². The normalized spacial score (nSPS) is 16.2. The second kappa shape index (κ2) is 8.85. The Morgan fingerprint density at radius 1 is 1.11 bits per heavy atom. The zero-order valence-electron chi connectivity index (χ0n) is 15.8. The second-order valence-electron chi connectivity index (χ2n) is 7.19. The number of aromatic nitrogens is 1. The average Bonchev–Trinajstić information content (AvgIpc) is 3.40. The summed E-state index contributed by atoms with van der Waals surface area (Å²) in [7, 11) is 0. The lowest BCUT2D eigenvalue weighted by atomic mass is 9.97. The molecule has 28 heavy (non-hydrogen) atoms. The molecule has 0 radical (unpaired) electrons. The maximum absolute atomic E-state index is 12.1. The summed E-state index contributed by atoms with van der Waals surface area (Å²) in [5.41, 5.74) is 4.18. The number of hydrogen-bond acceptors (Lipinski definition) is 4. The van der Waals surface area contributed by atoms with Crippen molar-refractivity contribution in [2.45, 2.75) is 19.3 Å². The van der Waals surface area contributed by atoms with E-state index >= 15 is 0 Å². The van der Waals surface area contributed by atoms with Crippen molar-refractivity contribution in [1.29, 1.82) is 0 Å². The van der Waals surface area contributed by atoms with Crippen molar-refractivity contribution >= 4 is 5.91 Å². The summed E-state index contributed by atoms with van der Waals surface area (Å²) < 4.78 is 10.8. The first kappa shape index (κ1) is 18.4. The van der Waals surface area contributed by atoms with E-state index in [0.29, 0.717) is 24.6 Å². The van der Waals surface area contributed by atoms with E-state index in [2.05, 4.69) is 34.7 Å². The molecule has 1 aliphatic rings. The molecule has 2 heterocycles. The first-order chi connectivity index (χ1) is 13.8. The van der Waals surface area contributed by atoms with E-state index in [9.17, 15) is 4.79 Å². The Hall–Kier alpha value is -2.92. The van der Waals surface area contributed by atoms with E-state index in [0.717, 1.165) is 25.4 Å². The van der Waals surface area contributed by atoms with Gasteiger partial charge in [-0.15, -0.1) is 0 Å². The average molecular weight is 376 g/mol. The summed E-state index contributed by atoms with van der Waals surface area (Å²) in [6.07, 6.45) is 1.88. The first-order valence-corrected chi connectivity index (χ1v) is 9.70. The summed E-state index contributed by atoms with van der Waals surface area (Å²) in [5.74, 6) is 1.15. The summed E-state index contributed by atoms with van der Waals surface area (Å²) in [6.45, 7) is 2.18. The maximum Gasteiger partial charge on any atom is 0.226 e. The molecule has 5 nitrogen and oxygen atoms in total. The minimum Gasteiger partial charge on any atom is -0.381 e. The van der Waals surface area contributed by atoms with Gasteiger partial charge in [0.05, 0.1) is 18.7 Å². The van der Waals surface area contributed by atoms with E-state index in [4.69, 9.17) is 9.26 Å². The van der Waals surface area contributed by atoms with Crippen LogP contribution in [-0.4, -0.2) is 30.8 Å². The van der Waals surface area contributed by atoms with Crippen LogP contribution in [0.2, 0.25) is 0 Å². The third-order valence-electron chi connectivity index (χ3n) is 5.03. The number of carbonyl (C=O) groups excluding carboxylic acids is 1. The second-order valence-corrected chi connectivity index (χ2v) is 7.19. The highest BCUT2D eigenvalue weighted by molar-refractivity contribution is 5.78. The van der Waals surface area contributed by atoms with Crippen molar-refractivity contribution in [1.82, 2.24) is 10.5 Å². The van der Waals surface area contributed by atoms with Crippen LogP contribution in [0.15, 0.2) is 65.2 Å². The number of ether oxygens (including phenoxy) is 1. The van der Waals surface area contributed by atoms with Crippen LogP contribution in [0.25, 0.3) is 11.1 Å². The molecule has 2 aromatic carbocycles. The number of nitrogens with one attached hydrogen (secondary N) is 1. The fourth-order valence-corrected chi connectivity index (χ4v) is 3.51. The van der Waals surface area contributed by atoms with Gasteiger partial charge in [-0.05, 0) is 23.1 Å². The number of amides is 1. The predicted octanol–water partition coefficient (Wildman–Crippen LogP) is 3.63. The van der Waals surface area contributed by atoms with Crippen LogP contribution >= 0.6 is 0 Å². The molecule has 0 aliphatic carbocycles. The van der Waals surface area contributed by atoms with E-state index in [1.165, 1.54) is 16.7 Å². The Kier molecular flexibility index (Phi) is 5.83. The van der Waals surface area contributed by atoms with Crippen molar-refractivity contribution in [3.8, 4) is 11.1 Å². The Morgan fingerprint density at radius 2 is 1.93 bits per heavy atom. The van der Waals surface area contributed by atoms with Gasteiger partial charge in [-0.2, -0.15) is 0 Å². The van der Waals surface area contributed by atoms with Crippen molar-refractivity contribution in [3.05, 3.63) is 77.7 Å². The van der Waals surface area contributed by atoms with Crippen molar-refractivity contribution in [2.24, 2.45) is 5.92 Å². The van der Waals surface area contributed by atoms with E-state index in [1.54, 1.807) is 0 Å². The molecule has 3 aromatic rings. The zero-order valence-corrected chi connectivity index (χ0v) is 15.8. The smallest absolute Gasteiger partial charge is 0.226 e. The Morgan fingerprint density at radius 3 is 2.75 bits per heavy atom. The zero-order chi connectivity index (χ0) is 19.2. The van der Waals surface area contributed by atoms with Crippen molar-refractivity contribution in [2.75, 3.05) is 19.8 Å². The lowest BCUT2D eigenvalue weighted by Crippen LogP contribution is -2.30. The summed E-state index contributed by atoms with van der Waals surface area (Å²) in [6, 6.07) is 20.4.